The average molecular weight is 395 g/mol. The zero-order chi connectivity index (χ0) is 19.6. The maximum absolute atomic E-state index is 12.1. The monoisotopic (exact) mass is 394 g/mol. The van der Waals surface area contributed by atoms with Crippen LogP contribution in [0.4, 0.5) is 10.5 Å². The molecule has 0 bridgehead atoms. The summed E-state index contributed by atoms with van der Waals surface area (Å²) in [5.41, 5.74) is 0.448. The Hall–Kier alpha value is -2.80. The number of amides is 2. The molecule has 27 heavy (non-hydrogen) atoms. The van der Waals surface area contributed by atoms with Crippen LogP contribution in [-0.2, 0) is 0 Å². The van der Waals surface area contributed by atoms with E-state index in [0.717, 1.165) is 5.75 Å². The highest BCUT2D eigenvalue weighted by Crippen LogP contribution is 2.35. The minimum atomic E-state index is -0.395. The van der Waals surface area contributed by atoms with Gasteiger partial charge in [-0.2, -0.15) is 0 Å². The lowest BCUT2D eigenvalue weighted by Gasteiger charge is -2.14. The molecule has 0 aromatic heterocycles. The highest BCUT2D eigenvalue weighted by molar-refractivity contribution is 6.32. The van der Waals surface area contributed by atoms with Gasteiger partial charge in [-0.1, -0.05) is 11.6 Å². The number of benzene rings is 2. The largest absolute Gasteiger partial charge is 0.495 e. The van der Waals surface area contributed by atoms with Crippen molar-refractivity contribution in [1.29, 1.82) is 0 Å². The topological polar surface area (TPSA) is 78.1 Å². The molecule has 0 heterocycles. The minimum absolute atomic E-state index is 0.322. The summed E-state index contributed by atoms with van der Waals surface area (Å²) in [4.78, 5) is 12.1. The molecule has 0 saturated carbocycles. The van der Waals surface area contributed by atoms with Crippen molar-refractivity contribution in [1.82, 2.24) is 5.32 Å². The molecular formula is C19H23ClN2O5. The quantitative estimate of drug-likeness (QED) is 0.629. The number of anilines is 1. The summed E-state index contributed by atoms with van der Waals surface area (Å²) in [7, 11) is 2.99. The summed E-state index contributed by atoms with van der Waals surface area (Å²) in [6.07, 6.45) is 0. The average Bonchev–Trinajstić information content (AvgIpc) is 2.67. The summed E-state index contributed by atoms with van der Waals surface area (Å²) >= 11 is 6.05. The molecule has 2 aromatic carbocycles. The summed E-state index contributed by atoms with van der Waals surface area (Å²) < 4.78 is 21.3. The molecule has 2 aromatic rings. The van der Waals surface area contributed by atoms with E-state index in [1.165, 1.54) is 14.2 Å². The van der Waals surface area contributed by atoms with Crippen LogP contribution in [0, 0.1) is 0 Å². The van der Waals surface area contributed by atoms with Gasteiger partial charge in [0.1, 0.15) is 29.6 Å². The van der Waals surface area contributed by atoms with Crippen molar-refractivity contribution in [3.63, 3.8) is 0 Å². The SMILES string of the molecule is CCOc1ccc(OCCNC(=O)Nc2cc(OC)c(Cl)cc2OC)cc1. The molecule has 8 heteroatoms. The third kappa shape index (κ3) is 6.14. The van der Waals surface area contributed by atoms with Crippen LogP contribution in [-0.4, -0.2) is 40.0 Å². The minimum Gasteiger partial charge on any atom is -0.495 e. The van der Waals surface area contributed by atoms with Crippen molar-refractivity contribution >= 4 is 23.3 Å². The number of carbonyl (C=O) groups excluding carboxylic acids is 1. The smallest absolute Gasteiger partial charge is 0.319 e. The molecule has 0 spiro atoms. The highest BCUT2D eigenvalue weighted by Gasteiger charge is 2.12. The second-order valence-corrected chi connectivity index (χ2v) is 5.73. The summed E-state index contributed by atoms with van der Waals surface area (Å²) in [5, 5.41) is 5.80. The fourth-order valence-electron chi connectivity index (χ4n) is 2.26. The van der Waals surface area contributed by atoms with Crippen LogP contribution in [0.2, 0.25) is 5.02 Å². The van der Waals surface area contributed by atoms with Crippen molar-refractivity contribution in [3.05, 3.63) is 41.4 Å². The van der Waals surface area contributed by atoms with Gasteiger partial charge in [-0.05, 0) is 31.2 Å². The molecule has 0 fully saturated rings. The van der Waals surface area contributed by atoms with E-state index in [2.05, 4.69) is 10.6 Å². The number of urea groups is 1. The van der Waals surface area contributed by atoms with Gasteiger partial charge in [0.2, 0.25) is 0 Å². The second-order valence-electron chi connectivity index (χ2n) is 5.32. The Morgan fingerprint density at radius 1 is 1.00 bits per heavy atom. The summed E-state index contributed by atoms with van der Waals surface area (Å²) in [6.45, 7) is 3.19. The van der Waals surface area contributed by atoms with Gasteiger partial charge in [0, 0.05) is 12.1 Å². The van der Waals surface area contributed by atoms with E-state index in [1.54, 1.807) is 12.1 Å². The third-order valence-corrected chi connectivity index (χ3v) is 3.81. The van der Waals surface area contributed by atoms with Crippen molar-refractivity contribution in [3.8, 4) is 23.0 Å². The molecule has 0 radical (unpaired) electrons. The standard InChI is InChI=1S/C19H23ClN2O5/c1-4-26-13-5-7-14(8-6-13)27-10-9-21-19(23)22-16-12-17(24-2)15(20)11-18(16)25-3/h5-8,11-12H,4,9-10H2,1-3H3,(H2,21,22,23). The van der Waals surface area contributed by atoms with E-state index >= 15 is 0 Å². The predicted molar refractivity (Wildman–Crippen MR) is 105 cm³/mol. The number of halogens is 1. The van der Waals surface area contributed by atoms with Crippen LogP contribution in [0.25, 0.3) is 0 Å². The third-order valence-electron chi connectivity index (χ3n) is 3.51. The molecule has 2 amide bonds. The van der Waals surface area contributed by atoms with Crippen molar-refractivity contribution in [2.24, 2.45) is 0 Å². The molecule has 0 atom stereocenters. The van der Waals surface area contributed by atoms with Crippen LogP contribution in [0.5, 0.6) is 23.0 Å². The number of hydrogen-bond acceptors (Lipinski definition) is 5. The second kappa shape index (κ2) is 10.4. The molecule has 2 rings (SSSR count). The summed E-state index contributed by atoms with van der Waals surface area (Å²) in [5.74, 6) is 2.35. The Kier molecular flexibility index (Phi) is 7.88. The first-order valence-corrected chi connectivity index (χ1v) is 8.77. The van der Waals surface area contributed by atoms with E-state index in [-0.39, 0.29) is 0 Å². The van der Waals surface area contributed by atoms with E-state index in [4.69, 9.17) is 30.5 Å². The number of methoxy groups -OCH3 is 2. The van der Waals surface area contributed by atoms with Gasteiger partial charge in [-0.15, -0.1) is 0 Å². The first kappa shape index (κ1) is 20.5. The van der Waals surface area contributed by atoms with Crippen molar-refractivity contribution < 1.29 is 23.7 Å². The fourth-order valence-corrected chi connectivity index (χ4v) is 2.49. The van der Waals surface area contributed by atoms with Crippen LogP contribution < -0.4 is 29.6 Å². The van der Waals surface area contributed by atoms with Crippen molar-refractivity contribution in [2.75, 3.05) is 39.3 Å². The van der Waals surface area contributed by atoms with E-state index in [0.29, 0.717) is 47.7 Å². The van der Waals surface area contributed by atoms with Gasteiger partial charge in [0.05, 0.1) is 38.1 Å². The zero-order valence-electron chi connectivity index (χ0n) is 15.5. The normalized spacial score (nSPS) is 10.1. The molecule has 0 aliphatic carbocycles. The molecule has 7 nitrogen and oxygen atoms in total. The van der Waals surface area contributed by atoms with Crippen LogP contribution in [0.1, 0.15) is 6.92 Å². The van der Waals surface area contributed by atoms with Gasteiger partial charge in [0.15, 0.2) is 0 Å². The lowest BCUT2D eigenvalue weighted by molar-refractivity contribution is 0.247. The molecule has 0 aliphatic rings. The van der Waals surface area contributed by atoms with Gasteiger partial charge < -0.3 is 29.6 Å². The number of ether oxygens (including phenoxy) is 4. The van der Waals surface area contributed by atoms with Crippen molar-refractivity contribution in [2.45, 2.75) is 6.92 Å². The Labute approximate surface area is 163 Å². The van der Waals surface area contributed by atoms with Gasteiger partial charge in [-0.3, -0.25) is 0 Å². The summed E-state index contributed by atoms with van der Waals surface area (Å²) in [6, 6.07) is 10.1. The number of rotatable bonds is 9. The molecule has 146 valence electrons. The van der Waals surface area contributed by atoms with E-state index in [9.17, 15) is 4.79 Å². The maximum Gasteiger partial charge on any atom is 0.319 e. The Balaban J connectivity index is 1.81. The molecule has 0 unspecified atom stereocenters. The van der Waals surface area contributed by atoms with Gasteiger partial charge >= 0.3 is 6.03 Å². The fraction of sp³-hybridized carbons (Fsp3) is 0.316. The Morgan fingerprint density at radius 2 is 1.63 bits per heavy atom. The van der Waals surface area contributed by atoms with Crippen LogP contribution in [0.15, 0.2) is 36.4 Å². The molecular weight excluding hydrogens is 372 g/mol. The number of carbonyl (C=O) groups is 1. The van der Waals surface area contributed by atoms with Gasteiger partial charge in [0.25, 0.3) is 0 Å². The Morgan fingerprint density at radius 3 is 2.22 bits per heavy atom. The zero-order valence-corrected chi connectivity index (χ0v) is 16.3. The lowest BCUT2D eigenvalue weighted by Crippen LogP contribution is -2.32. The van der Waals surface area contributed by atoms with E-state index in [1.807, 2.05) is 31.2 Å². The van der Waals surface area contributed by atoms with Crippen LogP contribution >= 0.6 is 11.6 Å². The molecule has 0 saturated heterocycles. The van der Waals surface area contributed by atoms with Gasteiger partial charge in [-0.25, -0.2) is 4.79 Å². The molecule has 2 N–H and O–H groups in total. The Bertz CT molecular complexity index is 753. The number of nitrogens with one attached hydrogen (secondary N) is 2. The maximum atomic E-state index is 12.1. The van der Waals surface area contributed by atoms with Crippen LogP contribution in [0.3, 0.4) is 0 Å². The molecule has 0 aliphatic heterocycles. The predicted octanol–water partition coefficient (Wildman–Crippen LogP) is 3.96. The first-order chi connectivity index (χ1) is 13.1. The first-order valence-electron chi connectivity index (χ1n) is 8.39. The number of hydrogen-bond donors (Lipinski definition) is 2. The van der Waals surface area contributed by atoms with E-state index < -0.39 is 6.03 Å². The highest BCUT2D eigenvalue weighted by atomic mass is 35.5. The lowest BCUT2D eigenvalue weighted by atomic mass is 10.2.